The van der Waals surface area contributed by atoms with Crippen molar-refractivity contribution in [1.82, 2.24) is 34.6 Å². The van der Waals surface area contributed by atoms with E-state index < -0.39 is 0 Å². The van der Waals surface area contributed by atoms with Crippen LogP contribution in [0.15, 0.2) is 23.5 Å². The number of anilines is 1. The van der Waals surface area contributed by atoms with E-state index in [0.29, 0.717) is 18.2 Å². The zero-order valence-corrected chi connectivity index (χ0v) is 17.7. The number of likely N-dealkylation sites (tertiary alicyclic amines) is 1. The molecule has 0 saturated carbocycles. The molecule has 0 bridgehead atoms. The maximum absolute atomic E-state index is 12.5. The maximum Gasteiger partial charge on any atom is 0.267 e. The second kappa shape index (κ2) is 8.73. The number of aromatic amines is 1. The lowest BCUT2D eigenvalue weighted by atomic mass is 10.0. The molecule has 1 unspecified atom stereocenters. The molecule has 2 aliphatic heterocycles. The number of aryl methyl sites for hydroxylation is 1. The van der Waals surface area contributed by atoms with Crippen LogP contribution in [-0.2, 0) is 18.7 Å². The first-order chi connectivity index (χ1) is 14.8. The molecule has 5 heterocycles. The smallest absolute Gasteiger partial charge is 0.267 e. The van der Waals surface area contributed by atoms with Crippen molar-refractivity contribution in [3.63, 3.8) is 0 Å². The van der Waals surface area contributed by atoms with E-state index in [1.165, 1.54) is 19.2 Å². The van der Waals surface area contributed by atoms with Crippen molar-refractivity contribution in [2.75, 3.05) is 30.7 Å². The second-order valence-electron chi connectivity index (χ2n) is 7.87. The summed E-state index contributed by atoms with van der Waals surface area (Å²) in [6.45, 7) is 3.31. The van der Waals surface area contributed by atoms with E-state index in [-0.39, 0.29) is 5.56 Å². The summed E-state index contributed by atoms with van der Waals surface area (Å²) in [6, 6.07) is 2.19. The molecule has 3 aromatic heterocycles. The molecular formula is C20H26N8OS. The lowest BCUT2D eigenvalue weighted by Crippen LogP contribution is -2.45. The number of H-pyrrole nitrogens is 1. The highest BCUT2D eigenvalue weighted by molar-refractivity contribution is 7.98. The Hall–Kier alpha value is -2.46. The third-order valence-electron chi connectivity index (χ3n) is 5.98. The van der Waals surface area contributed by atoms with Gasteiger partial charge in [-0.3, -0.25) is 9.69 Å². The van der Waals surface area contributed by atoms with Crippen LogP contribution >= 0.6 is 11.8 Å². The largest absolute Gasteiger partial charge is 0.367 e. The SMILES string of the molecule is O=c1cc2c(nn1CCN1CCCCC1CNc1ncnc3nc[nH]c13)CCSC2. The van der Waals surface area contributed by atoms with Crippen LogP contribution in [0.2, 0.25) is 0 Å². The molecular weight excluding hydrogens is 400 g/mol. The Morgan fingerprint density at radius 1 is 1.23 bits per heavy atom. The molecule has 30 heavy (non-hydrogen) atoms. The number of hydrogen-bond donors (Lipinski definition) is 2. The van der Waals surface area contributed by atoms with Crippen molar-refractivity contribution in [2.45, 2.75) is 44.0 Å². The highest BCUT2D eigenvalue weighted by Gasteiger charge is 2.23. The lowest BCUT2D eigenvalue weighted by Gasteiger charge is -2.36. The highest BCUT2D eigenvalue weighted by Crippen LogP contribution is 2.22. The Morgan fingerprint density at radius 2 is 2.20 bits per heavy atom. The van der Waals surface area contributed by atoms with E-state index in [9.17, 15) is 4.79 Å². The Kier molecular flexibility index (Phi) is 5.67. The summed E-state index contributed by atoms with van der Waals surface area (Å²) in [4.78, 5) is 30.8. The molecule has 9 nitrogen and oxygen atoms in total. The average molecular weight is 427 g/mol. The summed E-state index contributed by atoms with van der Waals surface area (Å²) >= 11 is 1.87. The van der Waals surface area contributed by atoms with Crippen LogP contribution in [0, 0.1) is 0 Å². The van der Waals surface area contributed by atoms with E-state index in [0.717, 1.165) is 66.6 Å². The van der Waals surface area contributed by atoms with Crippen LogP contribution in [0.4, 0.5) is 5.82 Å². The molecule has 1 saturated heterocycles. The molecule has 1 fully saturated rings. The molecule has 0 aromatic carbocycles. The number of imidazole rings is 1. The Balaban J connectivity index is 1.24. The van der Waals surface area contributed by atoms with E-state index in [1.807, 2.05) is 11.8 Å². The molecule has 2 aliphatic rings. The molecule has 5 rings (SSSR count). The average Bonchev–Trinajstić information content (AvgIpc) is 3.26. The number of nitrogens with one attached hydrogen (secondary N) is 2. The van der Waals surface area contributed by atoms with Crippen LogP contribution in [0.25, 0.3) is 11.2 Å². The first kappa shape index (κ1) is 19.5. The number of aromatic nitrogens is 6. The van der Waals surface area contributed by atoms with Crippen molar-refractivity contribution >= 4 is 28.7 Å². The van der Waals surface area contributed by atoms with E-state index in [1.54, 1.807) is 17.1 Å². The Morgan fingerprint density at radius 3 is 3.17 bits per heavy atom. The fraction of sp³-hybridized carbons (Fsp3) is 0.550. The van der Waals surface area contributed by atoms with E-state index >= 15 is 0 Å². The minimum Gasteiger partial charge on any atom is -0.367 e. The molecule has 0 radical (unpaired) electrons. The van der Waals surface area contributed by atoms with Gasteiger partial charge in [-0.05, 0) is 30.7 Å². The first-order valence-corrected chi connectivity index (χ1v) is 11.7. The van der Waals surface area contributed by atoms with Crippen LogP contribution in [0.3, 0.4) is 0 Å². The van der Waals surface area contributed by atoms with Gasteiger partial charge >= 0.3 is 0 Å². The topological polar surface area (TPSA) is 105 Å². The van der Waals surface area contributed by atoms with Gasteiger partial charge in [0.15, 0.2) is 11.5 Å². The summed E-state index contributed by atoms with van der Waals surface area (Å²) in [5.74, 6) is 2.78. The number of rotatable bonds is 6. The van der Waals surface area contributed by atoms with Gasteiger partial charge in [0.25, 0.3) is 5.56 Å². The van der Waals surface area contributed by atoms with Crippen LogP contribution in [0.5, 0.6) is 0 Å². The van der Waals surface area contributed by atoms with Gasteiger partial charge in [0.1, 0.15) is 11.8 Å². The fourth-order valence-corrected chi connectivity index (χ4v) is 5.29. The van der Waals surface area contributed by atoms with Gasteiger partial charge in [0.2, 0.25) is 0 Å². The third kappa shape index (κ3) is 4.06. The van der Waals surface area contributed by atoms with Crippen molar-refractivity contribution in [3.8, 4) is 0 Å². The molecule has 1 atom stereocenters. The number of fused-ring (bicyclic) bond motifs is 2. The number of piperidine rings is 1. The molecule has 3 aromatic rings. The van der Waals surface area contributed by atoms with Gasteiger partial charge in [-0.15, -0.1) is 0 Å². The normalized spacial score (nSPS) is 19.7. The lowest BCUT2D eigenvalue weighted by molar-refractivity contribution is 0.148. The summed E-state index contributed by atoms with van der Waals surface area (Å²) in [5.41, 5.74) is 3.73. The molecule has 2 N–H and O–H groups in total. The summed E-state index contributed by atoms with van der Waals surface area (Å²) in [7, 11) is 0. The van der Waals surface area contributed by atoms with Gasteiger partial charge < -0.3 is 10.3 Å². The van der Waals surface area contributed by atoms with Crippen LogP contribution in [0.1, 0.15) is 30.5 Å². The number of nitrogens with zero attached hydrogens (tertiary/aromatic N) is 6. The zero-order chi connectivity index (χ0) is 20.3. The van der Waals surface area contributed by atoms with Crippen molar-refractivity contribution in [3.05, 3.63) is 40.3 Å². The van der Waals surface area contributed by atoms with E-state index in [4.69, 9.17) is 0 Å². The van der Waals surface area contributed by atoms with Gasteiger partial charge in [0.05, 0.1) is 18.6 Å². The monoisotopic (exact) mass is 426 g/mol. The zero-order valence-electron chi connectivity index (χ0n) is 16.9. The predicted molar refractivity (Wildman–Crippen MR) is 118 cm³/mol. The highest BCUT2D eigenvalue weighted by atomic mass is 32.2. The molecule has 10 heteroatoms. The van der Waals surface area contributed by atoms with Gasteiger partial charge in [-0.1, -0.05) is 6.42 Å². The van der Waals surface area contributed by atoms with Gasteiger partial charge in [0, 0.05) is 37.4 Å². The van der Waals surface area contributed by atoms with Crippen molar-refractivity contribution < 1.29 is 0 Å². The molecule has 0 spiro atoms. The fourth-order valence-electron chi connectivity index (χ4n) is 4.34. The molecule has 158 valence electrons. The number of hydrogen-bond acceptors (Lipinski definition) is 8. The molecule has 0 aliphatic carbocycles. The first-order valence-electron chi connectivity index (χ1n) is 10.6. The van der Waals surface area contributed by atoms with Crippen LogP contribution < -0.4 is 10.9 Å². The maximum atomic E-state index is 12.5. The quantitative estimate of drug-likeness (QED) is 0.613. The third-order valence-corrected chi connectivity index (χ3v) is 6.99. The van der Waals surface area contributed by atoms with Crippen molar-refractivity contribution in [1.29, 1.82) is 0 Å². The standard InChI is InChI=1S/C20H26N8OS/c29-17-9-14-11-30-8-4-16(14)26-28(17)7-6-27-5-2-1-3-15(27)10-21-19-18-20(23-12-22-18)25-13-24-19/h9,12-13,15H,1-8,10-11H2,(H2,21,22,23,24,25). The summed E-state index contributed by atoms with van der Waals surface area (Å²) in [6.07, 6.45) is 7.68. The van der Waals surface area contributed by atoms with Crippen molar-refractivity contribution in [2.24, 2.45) is 0 Å². The predicted octanol–water partition coefficient (Wildman–Crippen LogP) is 1.67. The second-order valence-corrected chi connectivity index (χ2v) is 8.98. The minimum atomic E-state index is 0.0190. The summed E-state index contributed by atoms with van der Waals surface area (Å²) < 4.78 is 1.66. The Labute approximate surface area is 178 Å². The van der Waals surface area contributed by atoms with Gasteiger partial charge in [-0.2, -0.15) is 16.9 Å². The van der Waals surface area contributed by atoms with E-state index in [2.05, 4.69) is 35.3 Å². The van der Waals surface area contributed by atoms with Crippen LogP contribution in [-0.4, -0.2) is 66.0 Å². The summed E-state index contributed by atoms with van der Waals surface area (Å²) in [5, 5.41) is 8.14. The number of thioether (sulfide) groups is 1. The minimum absolute atomic E-state index is 0.0190. The Bertz CT molecular complexity index is 1080. The van der Waals surface area contributed by atoms with Gasteiger partial charge in [-0.25, -0.2) is 19.6 Å². The molecule has 0 amide bonds.